The zero-order valence-corrected chi connectivity index (χ0v) is 9.82. The van der Waals surface area contributed by atoms with Crippen molar-refractivity contribution in [3.63, 3.8) is 0 Å². The number of hydrogen-bond acceptors (Lipinski definition) is 5. The van der Waals surface area contributed by atoms with E-state index in [4.69, 9.17) is 5.11 Å². The lowest BCUT2D eigenvalue weighted by Crippen LogP contribution is -2.12. The van der Waals surface area contributed by atoms with Crippen LogP contribution < -0.4 is 5.56 Å². The normalized spacial score (nSPS) is 10.9. The molecule has 0 amide bonds. The van der Waals surface area contributed by atoms with E-state index in [0.29, 0.717) is 22.6 Å². The summed E-state index contributed by atoms with van der Waals surface area (Å²) in [4.78, 5) is 28.8. The van der Waals surface area contributed by atoms with Gasteiger partial charge in [-0.05, 0) is 0 Å². The molecule has 0 saturated carbocycles. The van der Waals surface area contributed by atoms with E-state index >= 15 is 0 Å². The van der Waals surface area contributed by atoms with E-state index < -0.39 is 5.97 Å². The number of hydrogen-bond donors (Lipinski definition) is 2. The summed E-state index contributed by atoms with van der Waals surface area (Å²) in [5, 5.41) is 12.9. The largest absolute Gasteiger partial charge is 0.481 e. The molecule has 8 heteroatoms. The van der Waals surface area contributed by atoms with E-state index in [-0.39, 0.29) is 11.3 Å². The molecule has 17 heavy (non-hydrogen) atoms. The fraction of sp³-hybridized carbons (Fsp3) is 0.333. The molecular formula is C9H10N4O3S. The molecule has 0 aliphatic heterocycles. The van der Waals surface area contributed by atoms with Gasteiger partial charge in [0.1, 0.15) is 11.2 Å². The molecule has 0 atom stereocenters. The molecule has 0 saturated heterocycles. The third-order valence-electron chi connectivity index (χ3n) is 2.12. The van der Waals surface area contributed by atoms with Gasteiger partial charge in [-0.2, -0.15) is 5.10 Å². The summed E-state index contributed by atoms with van der Waals surface area (Å²) in [6, 6.07) is 0. The Morgan fingerprint density at radius 1 is 1.65 bits per heavy atom. The molecule has 0 spiro atoms. The van der Waals surface area contributed by atoms with Crippen molar-refractivity contribution < 1.29 is 9.90 Å². The molecule has 0 unspecified atom stereocenters. The number of aliphatic carboxylic acids is 1. The van der Waals surface area contributed by atoms with E-state index in [2.05, 4.69) is 15.1 Å². The van der Waals surface area contributed by atoms with Crippen molar-refractivity contribution in [3.8, 4) is 0 Å². The van der Waals surface area contributed by atoms with Gasteiger partial charge in [-0.1, -0.05) is 0 Å². The van der Waals surface area contributed by atoms with Gasteiger partial charge in [-0.15, -0.1) is 11.8 Å². The molecule has 0 radical (unpaired) electrons. The van der Waals surface area contributed by atoms with Crippen molar-refractivity contribution in [1.29, 1.82) is 0 Å². The van der Waals surface area contributed by atoms with Gasteiger partial charge >= 0.3 is 5.97 Å². The maximum absolute atomic E-state index is 11.6. The highest BCUT2D eigenvalue weighted by atomic mass is 32.2. The average molecular weight is 254 g/mol. The summed E-state index contributed by atoms with van der Waals surface area (Å²) in [6.07, 6.45) is 1.45. The molecule has 0 aliphatic carbocycles. The lowest BCUT2D eigenvalue weighted by atomic mass is 10.4. The number of carboxylic acids is 1. The SMILES string of the molecule is Cn1ncc2c(=O)[nH]c(CSCC(=O)O)nc21. The van der Waals surface area contributed by atoms with Crippen molar-refractivity contribution in [2.24, 2.45) is 7.05 Å². The molecule has 0 aromatic carbocycles. The van der Waals surface area contributed by atoms with Gasteiger partial charge in [0, 0.05) is 7.05 Å². The Morgan fingerprint density at radius 2 is 2.41 bits per heavy atom. The maximum atomic E-state index is 11.6. The number of aryl methyl sites for hydroxylation is 1. The summed E-state index contributed by atoms with van der Waals surface area (Å²) in [5.41, 5.74) is 0.244. The number of thioether (sulfide) groups is 1. The van der Waals surface area contributed by atoms with Crippen molar-refractivity contribution in [3.05, 3.63) is 22.4 Å². The van der Waals surface area contributed by atoms with E-state index in [1.54, 1.807) is 7.05 Å². The van der Waals surface area contributed by atoms with Gasteiger partial charge in [-0.3, -0.25) is 14.3 Å². The molecule has 2 aromatic heterocycles. The Kier molecular flexibility index (Phi) is 3.14. The van der Waals surface area contributed by atoms with Crippen LogP contribution in [0.1, 0.15) is 5.82 Å². The van der Waals surface area contributed by atoms with Crippen LogP contribution in [0.15, 0.2) is 11.0 Å². The topological polar surface area (TPSA) is 101 Å². The summed E-state index contributed by atoms with van der Waals surface area (Å²) in [6.45, 7) is 0. The van der Waals surface area contributed by atoms with Crippen LogP contribution in [0.3, 0.4) is 0 Å². The maximum Gasteiger partial charge on any atom is 0.313 e. The minimum Gasteiger partial charge on any atom is -0.481 e. The summed E-state index contributed by atoms with van der Waals surface area (Å²) in [7, 11) is 1.70. The lowest BCUT2D eigenvalue weighted by Gasteiger charge is -2.00. The Morgan fingerprint density at radius 3 is 3.12 bits per heavy atom. The van der Waals surface area contributed by atoms with Crippen LogP contribution in [0.2, 0.25) is 0 Å². The van der Waals surface area contributed by atoms with Crippen LogP contribution in [0, 0.1) is 0 Å². The molecule has 7 nitrogen and oxygen atoms in total. The molecule has 0 bridgehead atoms. The van der Waals surface area contributed by atoms with Crippen molar-refractivity contribution in [2.45, 2.75) is 5.75 Å². The second-order valence-corrected chi connectivity index (χ2v) is 4.39. The number of rotatable bonds is 4. The Hall–Kier alpha value is -1.83. The average Bonchev–Trinajstić information content (AvgIpc) is 2.61. The standard InChI is InChI=1S/C9H10N4O3S/c1-13-8-5(2-10-13)9(16)12-6(11-8)3-17-4-7(14)15/h2H,3-4H2,1H3,(H,14,15)(H,11,12,16). The first-order valence-corrected chi connectivity index (χ1v) is 5.94. The summed E-state index contributed by atoms with van der Waals surface area (Å²) >= 11 is 1.18. The summed E-state index contributed by atoms with van der Waals surface area (Å²) in [5.74, 6) is -0.105. The predicted octanol–water partition coefficient (Wildman–Crippen LogP) is -0.0256. The molecule has 2 aromatic rings. The first-order valence-electron chi connectivity index (χ1n) is 4.78. The van der Waals surface area contributed by atoms with Crippen LogP contribution in [-0.4, -0.2) is 36.6 Å². The van der Waals surface area contributed by atoms with Gasteiger partial charge in [-0.25, -0.2) is 4.98 Å². The van der Waals surface area contributed by atoms with Crippen LogP contribution in [-0.2, 0) is 17.6 Å². The molecule has 2 rings (SSSR count). The van der Waals surface area contributed by atoms with Gasteiger partial charge < -0.3 is 10.1 Å². The highest BCUT2D eigenvalue weighted by molar-refractivity contribution is 7.99. The number of carboxylic acid groups (broad SMARTS) is 1. The minimum atomic E-state index is -0.890. The van der Waals surface area contributed by atoms with Gasteiger partial charge in [0.05, 0.1) is 17.7 Å². The van der Waals surface area contributed by atoms with Gasteiger partial charge in [0.25, 0.3) is 5.56 Å². The van der Waals surface area contributed by atoms with Crippen LogP contribution in [0.5, 0.6) is 0 Å². The Balaban J connectivity index is 2.26. The number of nitrogens with one attached hydrogen (secondary N) is 1. The highest BCUT2D eigenvalue weighted by Crippen LogP contribution is 2.10. The lowest BCUT2D eigenvalue weighted by molar-refractivity contribution is -0.133. The second-order valence-electron chi connectivity index (χ2n) is 3.40. The molecule has 0 fully saturated rings. The highest BCUT2D eigenvalue weighted by Gasteiger charge is 2.08. The molecule has 2 N–H and O–H groups in total. The Labute approximate surface area is 99.9 Å². The first-order chi connectivity index (χ1) is 8.08. The van der Waals surface area contributed by atoms with E-state index in [1.807, 2.05) is 0 Å². The number of fused-ring (bicyclic) bond motifs is 1. The van der Waals surface area contributed by atoms with E-state index in [9.17, 15) is 9.59 Å². The minimum absolute atomic E-state index is 0.0207. The number of H-pyrrole nitrogens is 1. The van der Waals surface area contributed by atoms with Crippen molar-refractivity contribution in [1.82, 2.24) is 19.7 Å². The van der Waals surface area contributed by atoms with Gasteiger partial charge in [0.2, 0.25) is 0 Å². The number of aromatic amines is 1. The molecular weight excluding hydrogens is 244 g/mol. The van der Waals surface area contributed by atoms with Crippen LogP contribution >= 0.6 is 11.8 Å². The van der Waals surface area contributed by atoms with E-state index in [0.717, 1.165) is 0 Å². The second kappa shape index (κ2) is 4.58. The summed E-state index contributed by atoms with van der Waals surface area (Å²) < 4.78 is 1.51. The zero-order valence-electron chi connectivity index (χ0n) is 9.01. The monoisotopic (exact) mass is 254 g/mol. The quantitative estimate of drug-likeness (QED) is 0.794. The molecule has 2 heterocycles. The van der Waals surface area contributed by atoms with E-state index in [1.165, 1.54) is 22.6 Å². The zero-order chi connectivity index (χ0) is 12.4. The molecule has 0 aliphatic rings. The van der Waals surface area contributed by atoms with Crippen LogP contribution in [0.4, 0.5) is 0 Å². The number of aromatic nitrogens is 4. The molecule has 90 valence electrons. The smallest absolute Gasteiger partial charge is 0.313 e. The number of nitrogens with zero attached hydrogens (tertiary/aromatic N) is 3. The fourth-order valence-corrected chi connectivity index (χ4v) is 1.99. The first kappa shape index (κ1) is 11.6. The third kappa shape index (κ3) is 2.47. The third-order valence-corrected chi connectivity index (χ3v) is 3.04. The number of carbonyl (C=O) groups is 1. The Bertz CT molecular complexity index is 618. The van der Waals surface area contributed by atoms with Gasteiger partial charge in [0.15, 0.2) is 5.65 Å². The van der Waals surface area contributed by atoms with Crippen LogP contribution in [0.25, 0.3) is 11.0 Å². The van der Waals surface area contributed by atoms with Crippen molar-refractivity contribution >= 4 is 28.8 Å². The fourth-order valence-electron chi connectivity index (χ4n) is 1.38. The van der Waals surface area contributed by atoms with Crippen molar-refractivity contribution in [2.75, 3.05) is 5.75 Å². The predicted molar refractivity (Wildman–Crippen MR) is 62.9 cm³/mol.